The Morgan fingerprint density at radius 1 is 1.18 bits per heavy atom. The molecule has 2 aromatic rings. The zero-order chi connectivity index (χ0) is 15.7. The van der Waals surface area contributed by atoms with E-state index in [4.69, 9.17) is 14.2 Å². The third-order valence-corrected chi connectivity index (χ3v) is 4.56. The Morgan fingerprint density at radius 3 is 2.45 bits per heavy atom. The summed E-state index contributed by atoms with van der Waals surface area (Å²) in [4.78, 5) is -0.0526. The number of halogens is 1. The third kappa shape index (κ3) is 2.74. The molecule has 1 fully saturated rings. The van der Waals surface area contributed by atoms with Crippen LogP contribution in [0.1, 0.15) is 12.5 Å². The predicted octanol–water partition coefficient (Wildman–Crippen LogP) is 3.19. The van der Waals surface area contributed by atoms with Crippen molar-refractivity contribution in [3.05, 3.63) is 42.0 Å². The Bertz CT molecular complexity index is 663. The van der Waals surface area contributed by atoms with Gasteiger partial charge in [0.15, 0.2) is 0 Å². The average Bonchev–Trinajstić information content (AvgIpc) is 2.54. The van der Waals surface area contributed by atoms with Crippen molar-refractivity contribution in [3.8, 4) is 5.75 Å². The van der Waals surface area contributed by atoms with E-state index in [0.717, 1.165) is 22.1 Å². The van der Waals surface area contributed by atoms with Crippen LogP contribution in [0.5, 0.6) is 5.75 Å². The van der Waals surface area contributed by atoms with Crippen LogP contribution < -0.4 is 4.74 Å². The van der Waals surface area contributed by atoms with Gasteiger partial charge in [-0.05, 0) is 35.9 Å². The van der Waals surface area contributed by atoms with Crippen molar-refractivity contribution in [1.82, 2.24) is 0 Å². The zero-order valence-corrected chi connectivity index (χ0v) is 14.2. The van der Waals surface area contributed by atoms with Crippen LogP contribution in [0.15, 0.2) is 36.4 Å². The van der Waals surface area contributed by atoms with E-state index in [1.165, 1.54) is 0 Å². The molecule has 2 aromatic carbocycles. The van der Waals surface area contributed by atoms with Gasteiger partial charge in [0.05, 0.1) is 25.2 Å². The summed E-state index contributed by atoms with van der Waals surface area (Å²) in [5.74, 6) is -0.0509. The minimum atomic E-state index is -0.882. The lowest BCUT2D eigenvalue weighted by Gasteiger charge is -2.41. The van der Waals surface area contributed by atoms with Crippen LogP contribution in [0.3, 0.4) is 0 Å². The number of hydrogen-bond acceptors (Lipinski definition) is 4. The lowest BCUT2D eigenvalue weighted by molar-refractivity contribution is -0.298. The molecular weight excluding hydrogens is 348 g/mol. The van der Waals surface area contributed by atoms with Crippen molar-refractivity contribution < 1.29 is 19.3 Å². The molecule has 1 heterocycles. The number of methoxy groups -OCH3 is 1. The first kappa shape index (κ1) is 15.7. The maximum absolute atomic E-state index is 9.62. The molecule has 0 radical (unpaired) electrons. The van der Waals surface area contributed by atoms with Gasteiger partial charge in [-0.1, -0.05) is 34.1 Å². The molecule has 0 aromatic heterocycles. The van der Waals surface area contributed by atoms with Gasteiger partial charge in [-0.3, -0.25) is 0 Å². The van der Waals surface area contributed by atoms with E-state index in [-0.39, 0.29) is 18.0 Å². The number of rotatable bonds is 3. The molecule has 4 nitrogen and oxygen atoms in total. The normalized spacial score (nSPS) is 26.8. The first-order valence-electron chi connectivity index (χ1n) is 7.23. The number of aliphatic hydroxyl groups excluding tert-OH is 1. The zero-order valence-electron chi connectivity index (χ0n) is 12.6. The van der Waals surface area contributed by atoms with Crippen molar-refractivity contribution in [2.75, 3.05) is 20.3 Å². The second kappa shape index (κ2) is 6.16. The molecule has 0 aliphatic carbocycles. The summed E-state index contributed by atoms with van der Waals surface area (Å²) in [5.41, 5.74) is 0.932. The summed E-state index contributed by atoms with van der Waals surface area (Å²) in [6.45, 7) is 2.50. The van der Waals surface area contributed by atoms with Crippen LogP contribution in [0.2, 0.25) is 0 Å². The van der Waals surface area contributed by atoms with Crippen molar-refractivity contribution in [1.29, 1.82) is 0 Å². The first-order chi connectivity index (χ1) is 10.5. The number of hydrogen-bond donors (Lipinski definition) is 1. The van der Waals surface area contributed by atoms with E-state index < -0.39 is 11.9 Å². The summed E-state index contributed by atoms with van der Waals surface area (Å²) in [7, 11) is 1.66. The van der Waals surface area contributed by atoms with E-state index in [9.17, 15) is 5.11 Å². The van der Waals surface area contributed by atoms with Crippen molar-refractivity contribution in [3.63, 3.8) is 0 Å². The van der Waals surface area contributed by atoms with Crippen LogP contribution in [0, 0.1) is 0 Å². The fraction of sp³-hybridized carbons (Fsp3) is 0.412. The van der Waals surface area contributed by atoms with Crippen LogP contribution in [-0.4, -0.2) is 36.4 Å². The molecule has 1 N–H and O–H groups in total. The third-order valence-electron chi connectivity index (χ3n) is 3.95. The number of benzene rings is 2. The lowest BCUT2D eigenvalue weighted by Crippen LogP contribution is -2.48. The molecular formula is C17H19BrO4. The van der Waals surface area contributed by atoms with Crippen molar-refractivity contribution in [2.45, 2.75) is 23.6 Å². The van der Waals surface area contributed by atoms with Crippen molar-refractivity contribution in [2.24, 2.45) is 0 Å². The van der Waals surface area contributed by atoms with E-state index >= 15 is 0 Å². The number of aliphatic hydroxyl groups is 1. The Balaban J connectivity index is 2.03. The molecule has 0 bridgehead atoms. The minimum absolute atomic E-state index is 0.0526. The molecule has 5 heteroatoms. The Hall–Kier alpha value is -1.14. The Morgan fingerprint density at radius 2 is 1.82 bits per heavy atom. The number of ether oxygens (including phenoxy) is 3. The maximum Gasteiger partial charge on any atom is 0.207 e. The van der Waals surface area contributed by atoms with Crippen LogP contribution in [-0.2, 0) is 15.3 Å². The second-order valence-electron chi connectivity index (χ2n) is 5.49. The average molecular weight is 367 g/mol. The standard InChI is InChI=1S/C17H19BrO4/c1-11(18)17(21-9-15(19)10-22-17)14-5-3-13-8-16(20-2)6-4-12(13)7-14/h3-8,11,15,19H,9-10H2,1-2H3. The van der Waals surface area contributed by atoms with E-state index in [0.29, 0.717) is 0 Å². The second-order valence-corrected chi connectivity index (χ2v) is 6.86. The highest BCUT2D eigenvalue weighted by Crippen LogP contribution is 2.39. The van der Waals surface area contributed by atoms with E-state index in [1.807, 2.05) is 37.3 Å². The topological polar surface area (TPSA) is 47.9 Å². The van der Waals surface area contributed by atoms with Gasteiger partial charge in [0.1, 0.15) is 11.9 Å². The highest BCUT2D eigenvalue weighted by atomic mass is 79.9. The Labute approximate surface area is 138 Å². The van der Waals surface area contributed by atoms with Crippen LogP contribution in [0.4, 0.5) is 0 Å². The smallest absolute Gasteiger partial charge is 0.207 e. The molecule has 1 saturated heterocycles. The fourth-order valence-corrected chi connectivity index (χ4v) is 3.25. The van der Waals surface area contributed by atoms with Gasteiger partial charge in [0, 0.05) is 5.56 Å². The Kier molecular flexibility index (Phi) is 4.41. The summed E-state index contributed by atoms with van der Waals surface area (Å²) in [5, 5.41) is 11.8. The molecule has 118 valence electrons. The van der Waals surface area contributed by atoms with Crippen LogP contribution >= 0.6 is 15.9 Å². The number of alkyl halides is 1. The van der Waals surface area contributed by atoms with Crippen molar-refractivity contribution >= 4 is 26.7 Å². The summed E-state index contributed by atoms with van der Waals surface area (Å²) in [6.07, 6.45) is -0.580. The highest BCUT2D eigenvalue weighted by molar-refractivity contribution is 9.09. The molecule has 0 spiro atoms. The first-order valence-corrected chi connectivity index (χ1v) is 8.15. The molecule has 1 unspecified atom stereocenters. The van der Waals surface area contributed by atoms with Gasteiger partial charge in [-0.25, -0.2) is 0 Å². The van der Waals surface area contributed by atoms with E-state index in [2.05, 4.69) is 22.0 Å². The molecule has 3 rings (SSSR count). The van der Waals surface area contributed by atoms with Gasteiger partial charge in [0.25, 0.3) is 0 Å². The van der Waals surface area contributed by atoms with Gasteiger partial charge in [-0.15, -0.1) is 0 Å². The van der Waals surface area contributed by atoms with E-state index in [1.54, 1.807) is 7.11 Å². The summed E-state index contributed by atoms with van der Waals surface area (Å²) in [6, 6.07) is 12.0. The largest absolute Gasteiger partial charge is 0.497 e. The quantitative estimate of drug-likeness (QED) is 0.847. The van der Waals surface area contributed by atoms with Gasteiger partial charge < -0.3 is 19.3 Å². The minimum Gasteiger partial charge on any atom is -0.497 e. The summed E-state index contributed by atoms with van der Waals surface area (Å²) >= 11 is 3.59. The highest BCUT2D eigenvalue weighted by Gasteiger charge is 2.43. The lowest BCUT2D eigenvalue weighted by atomic mass is 9.98. The monoisotopic (exact) mass is 366 g/mol. The molecule has 0 saturated carbocycles. The molecule has 22 heavy (non-hydrogen) atoms. The fourth-order valence-electron chi connectivity index (χ4n) is 2.72. The summed E-state index contributed by atoms with van der Waals surface area (Å²) < 4.78 is 17.0. The molecule has 1 atom stereocenters. The molecule has 1 aliphatic rings. The molecule has 1 aliphatic heterocycles. The molecule has 0 amide bonds. The van der Waals surface area contributed by atoms with Gasteiger partial charge in [0.2, 0.25) is 5.79 Å². The van der Waals surface area contributed by atoms with Crippen LogP contribution in [0.25, 0.3) is 10.8 Å². The predicted molar refractivity (Wildman–Crippen MR) is 88.5 cm³/mol. The van der Waals surface area contributed by atoms with Gasteiger partial charge >= 0.3 is 0 Å². The maximum atomic E-state index is 9.62. The van der Waals surface area contributed by atoms with Gasteiger partial charge in [-0.2, -0.15) is 0 Å². The SMILES string of the molecule is COc1ccc2cc(C3(C(C)Br)OCC(O)CO3)ccc2c1. The number of fused-ring (bicyclic) bond motifs is 1.